The van der Waals surface area contributed by atoms with Gasteiger partial charge >= 0.3 is 0 Å². The summed E-state index contributed by atoms with van der Waals surface area (Å²) in [4.78, 5) is 32.3. The molecule has 1 aromatic heterocycles. The highest BCUT2D eigenvalue weighted by Gasteiger charge is 2.26. The molecule has 0 radical (unpaired) electrons. The van der Waals surface area contributed by atoms with Gasteiger partial charge in [-0.3, -0.25) is 14.6 Å². The van der Waals surface area contributed by atoms with E-state index in [9.17, 15) is 9.59 Å². The van der Waals surface area contributed by atoms with Gasteiger partial charge in [0.15, 0.2) is 0 Å². The number of amides is 2. The smallest absolute Gasteiger partial charge is 0.270 e. The summed E-state index contributed by atoms with van der Waals surface area (Å²) in [7, 11) is 1.70. The summed E-state index contributed by atoms with van der Waals surface area (Å²) >= 11 is 5.86. The Labute approximate surface area is 169 Å². The van der Waals surface area contributed by atoms with Crippen LogP contribution in [-0.4, -0.2) is 61.0 Å². The van der Waals surface area contributed by atoms with E-state index in [1.807, 2.05) is 24.3 Å². The first-order chi connectivity index (χ1) is 13.5. The van der Waals surface area contributed by atoms with Gasteiger partial charge in [-0.1, -0.05) is 23.7 Å². The van der Waals surface area contributed by atoms with Gasteiger partial charge in [-0.2, -0.15) is 0 Å². The zero-order chi connectivity index (χ0) is 20.1. The fraction of sp³-hybridized carbons (Fsp3) is 0.350. The number of aromatic nitrogens is 1. The van der Waals surface area contributed by atoms with Crippen molar-refractivity contribution in [3.05, 3.63) is 53.3 Å². The number of fused-ring (bicyclic) bond motifs is 1. The van der Waals surface area contributed by atoms with Crippen LogP contribution in [0.1, 0.15) is 17.4 Å². The molecule has 1 aliphatic heterocycles. The van der Waals surface area contributed by atoms with Crippen LogP contribution in [0, 0.1) is 0 Å². The van der Waals surface area contributed by atoms with Crippen LogP contribution in [-0.2, 0) is 4.79 Å². The molecule has 1 N–H and O–H groups in total. The molecule has 0 saturated heterocycles. The lowest BCUT2D eigenvalue weighted by molar-refractivity contribution is -0.129. The number of anilines is 1. The van der Waals surface area contributed by atoms with Gasteiger partial charge < -0.3 is 19.9 Å². The summed E-state index contributed by atoms with van der Waals surface area (Å²) < 4.78 is 6.05. The first-order valence-corrected chi connectivity index (χ1v) is 9.50. The molecule has 0 bridgehead atoms. The molecule has 0 fully saturated rings. The Morgan fingerprint density at radius 1 is 1.36 bits per heavy atom. The van der Waals surface area contributed by atoms with Gasteiger partial charge in [-0.25, -0.2) is 0 Å². The summed E-state index contributed by atoms with van der Waals surface area (Å²) in [5, 5.41) is 2.99. The summed E-state index contributed by atoms with van der Waals surface area (Å²) in [5.41, 5.74) is 1.24. The number of likely N-dealkylation sites (N-methyl/N-ethyl adjacent to an activating group) is 2. The molecule has 0 aliphatic carbocycles. The highest BCUT2D eigenvalue weighted by atomic mass is 35.5. The van der Waals surface area contributed by atoms with E-state index >= 15 is 0 Å². The van der Waals surface area contributed by atoms with E-state index in [0.717, 1.165) is 18.0 Å². The molecular weight excluding hydrogens is 380 g/mol. The third-order valence-electron chi connectivity index (χ3n) is 4.56. The molecule has 148 valence electrons. The Kier molecular flexibility index (Phi) is 6.36. The van der Waals surface area contributed by atoms with Gasteiger partial charge in [0.1, 0.15) is 17.5 Å². The molecule has 1 aliphatic rings. The van der Waals surface area contributed by atoms with Crippen LogP contribution in [0.5, 0.6) is 5.75 Å². The minimum Gasteiger partial charge on any atom is -0.485 e. The minimum absolute atomic E-state index is 0.121. The van der Waals surface area contributed by atoms with Crippen LogP contribution in [0.3, 0.4) is 0 Å². The van der Waals surface area contributed by atoms with E-state index in [2.05, 4.69) is 22.1 Å². The van der Waals surface area contributed by atoms with E-state index in [4.69, 9.17) is 16.3 Å². The number of rotatable bonds is 6. The normalized spacial score (nSPS) is 15.4. The van der Waals surface area contributed by atoms with Gasteiger partial charge in [0.25, 0.3) is 5.91 Å². The summed E-state index contributed by atoms with van der Waals surface area (Å²) in [6.45, 7) is 3.95. The standard InChI is InChI=1S/C20H23ClN4O3/c1-3-25-13-15(28-18-7-5-4-6-17(18)25)12-24(2)19(26)11-23-20(27)16-10-14(21)8-9-22-16/h4-10,15H,3,11-13H2,1-2H3,(H,23,27)/t15-/m0/s1. The second-order valence-corrected chi connectivity index (χ2v) is 7.00. The summed E-state index contributed by atoms with van der Waals surface area (Å²) in [6.07, 6.45) is 1.30. The molecule has 2 amide bonds. The number of nitrogens with zero attached hydrogens (tertiary/aromatic N) is 3. The summed E-state index contributed by atoms with van der Waals surface area (Å²) in [5.74, 6) is 0.173. The van der Waals surface area contributed by atoms with Crippen molar-refractivity contribution in [3.8, 4) is 5.75 Å². The molecule has 0 spiro atoms. The number of ether oxygens (including phenoxy) is 1. The van der Waals surface area contributed by atoms with Crippen molar-refractivity contribution < 1.29 is 14.3 Å². The second-order valence-electron chi connectivity index (χ2n) is 6.56. The van der Waals surface area contributed by atoms with Crippen molar-refractivity contribution in [1.29, 1.82) is 0 Å². The van der Waals surface area contributed by atoms with Crippen LogP contribution in [0.2, 0.25) is 5.02 Å². The Morgan fingerprint density at radius 2 is 2.14 bits per heavy atom. The largest absolute Gasteiger partial charge is 0.485 e. The number of hydrogen-bond donors (Lipinski definition) is 1. The number of nitrogens with one attached hydrogen (secondary N) is 1. The maximum Gasteiger partial charge on any atom is 0.270 e. The van der Waals surface area contributed by atoms with Crippen molar-refractivity contribution in [3.63, 3.8) is 0 Å². The fourth-order valence-corrected chi connectivity index (χ4v) is 3.25. The Bertz CT molecular complexity index is 861. The van der Waals surface area contributed by atoms with Gasteiger partial charge in [-0.05, 0) is 31.2 Å². The molecule has 2 heterocycles. The molecule has 7 nitrogen and oxygen atoms in total. The topological polar surface area (TPSA) is 74.8 Å². The lowest BCUT2D eigenvalue weighted by Gasteiger charge is -2.37. The lowest BCUT2D eigenvalue weighted by atomic mass is 10.2. The predicted molar refractivity (Wildman–Crippen MR) is 108 cm³/mol. The second kappa shape index (κ2) is 8.93. The van der Waals surface area contributed by atoms with E-state index in [1.54, 1.807) is 18.0 Å². The van der Waals surface area contributed by atoms with Gasteiger partial charge in [0.05, 0.1) is 25.3 Å². The molecule has 1 aromatic carbocycles. The number of carbonyl (C=O) groups excluding carboxylic acids is 2. The first-order valence-electron chi connectivity index (χ1n) is 9.12. The van der Waals surface area contributed by atoms with Gasteiger partial charge in [-0.15, -0.1) is 0 Å². The van der Waals surface area contributed by atoms with Crippen molar-refractivity contribution in [2.75, 3.05) is 38.1 Å². The number of para-hydroxylation sites is 2. The molecule has 8 heteroatoms. The van der Waals surface area contributed by atoms with Crippen LogP contribution in [0.25, 0.3) is 0 Å². The number of halogens is 1. The monoisotopic (exact) mass is 402 g/mol. The first kappa shape index (κ1) is 19.9. The number of hydrogen-bond acceptors (Lipinski definition) is 5. The zero-order valence-electron chi connectivity index (χ0n) is 15.9. The van der Waals surface area contributed by atoms with E-state index in [0.29, 0.717) is 18.1 Å². The molecule has 1 atom stereocenters. The SMILES string of the molecule is CCN1C[C@H](CN(C)C(=O)CNC(=O)c2cc(Cl)ccn2)Oc2ccccc21. The molecule has 28 heavy (non-hydrogen) atoms. The van der Waals surface area contributed by atoms with Crippen LogP contribution < -0.4 is 15.0 Å². The zero-order valence-corrected chi connectivity index (χ0v) is 16.6. The van der Waals surface area contributed by atoms with E-state index < -0.39 is 5.91 Å². The van der Waals surface area contributed by atoms with E-state index in [1.165, 1.54) is 12.3 Å². The predicted octanol–water partition coefficient (Wildman–Crippen LogP) is 2.21. The summed E-state index contributed by atoms with van der Waals surface area (Å²) in [6, 6.07) is 10.9. The quantitative estimate of drug-likeness (QED) is 0.801. The Hall–Kier alpha value is -2.80. The van der Waals surface area contributed by atoms with Gasteiger partial charge in [0.2, 0.25) is 5.91 Å². The molecule has 0 saturated carbocycles. The maximum atomic E-state index is 12.4. The average Bonchev–Trinajstić information content (AvgIpc) is 2.71. The number of benzene rings is 1. The lowest BCUT2D eigenvalue weighted by Crippen LogP contribution is -2.48. The number of carbonyl (C=O) groups is 2. The van der Waals surface area contributed by atoms with Crippen LogP contribution in [0.4, 0.5) is 5.69 Å². The maximum absolute atomic E-state index is 12.4. The Morgan fingerprint density at radius 3 is 2.89 bits per heavy atom. The third-order valence-corrected chi connectivity index (χ3v) is 4.80. The van der Waals surface area contributed by atoms with Crippen molar-refractivity contribution in [1.82, 2.24) is 15.2 Å². The van der Waals surface area contributed by atoms with Crippen molar-refractivity contribution in [2.45, 2.75) is 13.0 Å². The molecular formula is C20H23ClN4O3. The fourth-order valence-electron chi connectivity index (χ4n) is 3.09. The highest BCUT2D eigenvalue weighted by molar-refractivity contribution is 6.30. The third kappa shape index (κ3) is 4.72. The van der Waals surface area contributed by atoms with Crippen molar-refractivity contribution in [2.24, 2.45) is 0 Å². The number of pyridine rings is 1. The molecule has 2 aromatic rings. The molecule has 0 unspecified atom stereocenters. The van der Waals surface area contributed by atoms with Crippen LogP contribution in [0.15, 0.2) is 42.6 Å². The van der Waals surface area contributed by atoms with E-state index in [-0.39, 0.29) is 24.2 Å². The van der Waals surface area contributed by atoms with Crippen molar-refractivity contribution >= 4 is 29.1 Å². The Balaban J connectivity index is 1.54. The molecule has 3 rings (SSSR count). The highest BCUT2D eigenvalue weighted by Crippen LogP contribution is 2.32. The average molecular weight is 403 g/mol. The van der Waals surface area contributed by atoms with Crippen LogP contribution >= 0.6 is 11.6 Å². The minimum atomic E-state index is -0.441. The van der Waals surface area contributed by atoms with Gasteiger partial charge in [0, 0.05) is 24.8 Å².